The van der Waals surface area contributed by atoms with E-state index in [4.69, 9.17) is 5.21 Å². The summed E-state index contributed by atoms with van der Waals surface area (Å²) in [4.78, 5) is 0. The Labute approximate surface area is 59.3 Å². The third-order valence-corrected chi connectivity index (χ3v) is 2.50. The Hall–Kier alpha value is -0.180. The average Bonchev–Trinajstić information content (AvgIpc) is 2.13. The molecule has 0 bridgehead atoms. The molecule has 1 aliphatic heterocycles. The van der Waals surface area contributed by atoms with Crippen molar-refractivity contribution in [2.45, 2.75) is 19.3 Å². The van der Waals surface area contributed by atoms with Crippen LogP contribution in [0.3, 0.4) is 0 Å². The highest BCUT2D eigenvalue weighted by molar-refractivity contribution is 7.99. The van der Waals surface area contributed by atoms with Gasteiger partial charge in [0, 0.05) is 0 Å². The van der Waals surface area contributed by atoms with Crippen molar-refractivity contribution in [1.82, 2.24) is 0 Å². The van der Waals surface area contributed by atoms with Crippen molar-refractivity contribution in [2.24, 2.45) is 5.16 Å². The van der Waals surface area contributed by atoms with E-state index in [9.17, 15) is 0 Å². The zero-order valence-corrected chi connectivity index (χ0v) is 6.15. The Morgan fingerprint density at radius 1 is 1.33 bits per heavy atom. The number of nitrogens with zero attached hydrogens (tertiary/aromatic N) is 1. The van der Waals surface area contributed by atoms with E-state index in [1.165, 1.54) is 12.2 Å². The van der Waals surface area contributed by atoms with E-state index in [2.05, 4.69) is 5.16 Å². The Balaban J connectivity index is 2.36. The van der Waals surface area contributed by atoms with Gasteiger partial charge in [0.05, 0.1) is 5.71 Å². The Kier molecular flexibility index (Phi) is 2.91. The Morgan fingerprint density at radius 3 is 3.00 bits per heavy atom. The number of thioether (sulfide) groups is 1. The van der Waals surface area contributed by atoms with Gasteiger partial charge in [-0.15, -0.1) is 0 Å². The van der Waals surface area contributed by atoms with Crippen LogP contribution < -0.4 is 0 Å². The predicted molar refractivity (Wildman–Crippen MR) is 40.4 cm³/mol. The molecule has 0 aromatic rings. The second-order valence-electron chi connectivity index (χ2n) is 2.13. The molecular formula is C6H11NOS. The van der Waals surface area contributed by atoms with Gasteiger partial charge in [-0.25, -0.2) is 0 Å². The number of hydrogen-bond donors (Lipinski definition) is 1. The lowest BCUT2D eigenvalue weighted by Gasteiger charge is -1.93. The van der Waals surface area contributed by atoms with Crippen LogP contribution in [0, 0.1) is 0 Å². The van der Waals surface area contributed by atoms with Crippen molar-refractivity contribution >= 4 is 17.5 Å². The van der Waals surface area contributed by atoms with Gasteiger partial charge in [-0.2, -0.15) is 11.8 Å². The summed E-state index contributed by atoms with van der Waals surface area (Å²) in [6.45, 7) is 0. The highest BCUT2D eigenvalue weighted by atomic mass is 32.2. The highest BCUT2D eigenvalue weighted by Gasteiger charge is 2.04. The molecule has 0 unspecified atom stereocenters. The van der Waals surface area contributed by atoms with Crippen LogP contribution >= 0.6 is 11.8 Å². The molecule has 0 radical (unpaired) electrons. The lowest BCUT2D eigenvalue weighted by atomic mass is 10.2. The van der Waals surface area contributed by atoms with Crippen molar-refractivity contribution in [2.75, 3.05) is 11.5 Å². The summed E-state index contributed by atoms with van der Waals surface area (Å²) in [6.07, 6.45) is 3.13. The van der Waals surface area contributed by atoms with Gasteiger partial charge < -0.3 is 5.21 Å². The van der Waals surface area contributed by atoms with Gasteiger partial charge in [0.15, 0.2) is 0 Å². The van der Waals surface area contributed by atoms with Gasteiger partial charge >= 0.3 is 0 Å². The Morgan fingerprint density at radius 2 is 2.22 bits per heavy atom. The average molecular weight is 145 g/mol. The van der Waals surface area contributed by atoms with E-state index in [1.54, 1.807) is 0 Å². The molecule has 3 heteroatoms. The molecule has 0 aromatic heterocycles. The van der Waals surface area contributed by atoms with Crippen molar-refractivity contribution < 1.29 is 5.21 Å². The van der Waals surface area contributed by atoms with E-state index in [0.717, 1.165) is 24.3 Å². The van der Waals surface area contributed by atoms with Gasteiger partial charge in [-0.3, -0.25) is 0 Å². The van der Waals surface area contributed by atoms with E-state index in [-0.39, 0.29) is 0 Å². The summed E-state index contributed by atoms with van der Waals surface area (Å²) < 4.78 is 0. The molecule has 0 spiro atoms. The molecule has 9 heavy (non-hydrogen) atoms. The maximum atomic E-state index is 8.39. The minimum absolute atomic E-state index is 0.972. The topological polar surface area (TPSA) is 32.6 Å². The molecular weight excluding hydrogens is 134 g/mol. The van der Waals surface area contributed by atoms with Crippen LogP contribution in [0.5, 0.6) is 0 Å². The van der Waals surface area contributed by atoms with E-state index < -0.39 is 0 Å². The molecule has 0 aromatic carbocycles. The first-order chi connectivity index (χ1) is 4.43. The van der Waals surface area contributed by atoms with Gasteiger partial charge in [0.1, 0.15) is 0 Å². The van der Waals surface area contributed by atoms with Crippen LogP contribution in [0.4, 0.5) is 0 Å². The molecule has 1 N–H and O–H groups in total. The molecule has 2 nitrogen and oxygen atoms in total. The summed E-state index contributed by atoms with van der Waals surface area (Å²) in [7, 11) is 0. The molecule has 0 amide bonds. The summed E-state index contributed by atoms with van der Waals surface area (Å²) in [5.41, 5.74) is 0.972. The lowest BCUT2D eigenvalue weighted by molar-refractivity contribution is 0.316. The maximum absolute atomic E-state index is 8.39. The smallest absolute Gasteiger partial charge is 0.0579 e. The molecule has 0 aliphatic carbocycles. The molecule has 52 valence electrons. The van der Waals surface area contributed by atoms with Gasteiger partial charge in [-0.05, 0) is 30.8 Å². The Bertz CT molecular complexity index is 104. The molecule has 0 atom stereocenters. The van der Waals surface area contributed by atoms with Crippen molar-refractivity contribution in [3.05, 3.63) is 0 Å². The first-order valence-corrected chi connectivity index (χ1v) is 4.36. The fourth-order valence-corrected chi connectivity index (χ4v) is 1.83. The second-order valence-corrected chi connectivity index (χ2v) is 3.36. The summed E-state index contributed by atoms with van der Waals surface area (Å²) in [5.74, 6) is 2.35. The minimum atomic E-state index is 0.972. The molecule has 1 saturated heterocycles. The van der Waals surface area contributed by atoms with E-state index in [1.807, 2.05) is 11.8 Å². The number of oxime groups is 1. The zero-order chi connectivity index (χ0) is 6.53. The molecule has 0 saturated carbocycles. The fourth-order valence-electron chi connectivity index (χ4n) is 0.895. The van der Waals surface area contributed by atoms with Crippen LogP contribution in [0.1, 0.15) is 19.3 Å². The fraction of sp³-hybridized carbons (Fsp3) is 0.833. The highest BCUT2D eigenvalue weighted by Crippen LogP contribution is 2.13. The van der Waals surface area contributed by atoms with Crippen LogP contribution in [0.25, 0.3) is 0 Å². The largest absolute Gasteiger partial charge is 0.411 e. The monoisotopic (exact) mass is 145 g/mol. The quantitative estimate of drug-likeness (QED) is 0.416. The number of rotatable bonds is 0. The third kappa shape index (κ3) is 2.26. The van der Waals surface area contributed by atoms with Crippen molar-refractivity contribution in [3.63, 3.8) is 0 Å². The standard InChI is InChI=1S/C6H11NOS/c8-7-6-2-1-4-9-5-3-6/h8H,1-5H2. The SMILES string of the molecule is ON=C1CCCSCC1. The molecule has 1 rings (SSSR count). The molecule has 1 fully saturated rings. The minimum Gasteiger partial charge on any atom is -0.411 e. The summed E-state index contributed by atoms with van der Waals surface area (Å²) in [6, 6.07) is 0. The predicted octanol–water partition coefficient (Wildman–Crippen LogP) is 1.73. The van der Waals surface area contributed by atoms with Gasteiger partial charge in [0.2, 0.25) is 0 Å². The van der Waals surface area contributed by atoms with Gasteiger partial charge in [-0.1, -0.05) is 5.16 Å². The summed E-state index contributed by atoms with van der Waals surface area (Å²) in [5, 5.41) is 11.6. The zero-order valence-electron chi connectivity index (χ0n) is 5.34. The van der Waals surface area contributed by atoms with Crippen LogP contribution in [-0.2, 0) is 0 Å². The second kappa shape index (κ2) is 3.77. The first-order valence-electron chi connectivity index (χ1n) is 3.21. The lowest BCUT2D eigenvalue weighted by Crippen LogP contribution is -1.96. The molecule has 1 heterocycles. The summed E-state index contributed by atoms with van der Waals surface area (Å²) >= 11 is 1.94. The first kappa shape index (κ1) is 6.93. The van der Waals surface area contributed by atoms with Crippen LogP contribution in [-0.4, -0.2) is 22.4 Å². The third-order valence-electron chi connectivity index (χ3n) is 1.43. The normalized spacial score (nSPS) is 26.0. The van der Waals surface area contributed by atoms with E-state index >= 15 is 0 Å². The van der Waals surface area contributed by atoms with Crippen molar-refractivity contribution in [1.29, 1.82) is 0 Å². The molecule has 1 aliphatic rings. The van der Waals surface area contributed by atoms with Crippen LogP contribution in [0.15, 0.2) is 5.16 Å². The maximum Gasteiger partial charge on any atom is 0.0579 e. The van der Waals surface area contributed by atoms with Crippen molar-refractivity contribution in [3.8, 4) is 0 Å². The van der Waals surface area contributed by atoms with E-state index in [0.29, 0.717) is 0 Å². The number of hydrogen-bond acceptors (Lipinski definition) is 3. The van der Waals surface area contributed by atoms with Gasteiger partial charge in [0.25, 0.3) is 0 Å². The van der Waals surface area contributed by atoms with Crippen LogP contribution in [0.2, 0.25) is 0 Å².